The first-order valence-electron chi connectivity index (χ1n) is 19.7. The highest BCUT2D eigenvalue weighted by Gasteiger charge is 2.42. The number of nitrogens with two attached hydrogens (primary N) is 1. The molecule has 58 heavy (non-hydrogen) atoms. The summed E-state index contributed by atoms with van der Waals surface area (Å²) in [5.41, 5.74) is 6.97. The fourth-order valence-electron chi connectivity index (χ4n) is 6.45. The number of carbonyl (C=O) groups excluding carboxylic acids is 9. The Morgan fingerprint density at radius 2 is 1.53 bits per heavy atom. The molecule has 328 valence electrons. The van der Waals surface area contributed by atoms with Crippen molar-refractivity contribution in [3.8, 4) is 0 Å². The molecule has 0 saturated carbocycles. The number of carbonyl (C=O) groups is 9. The van der Waals surface area contributed by atoms with Crippen molar-refractivity contribution in [3.63, 3.8) is 0 Å². The molecule has 2 saturated heterocycles. The summed E-state index contributed by atoms with van der Waals surface area (Å²) in [6.45, 7) is 4.50. The van der Waals surface area contributed by atoms with Gasteiger partial charge in [0.05, 0.1) is 25.2 Å². The van der Waals surface area contributed by atoms with Gasteiger partial charge in [0.2, 0.25) is 47.3 Å². The topological polar surface area (TPSA) is 308 Å². The Morgan fingerprint density at radius 3 is 2.21 bits per heavy atom. The van der Waals surface area contributed by atoms with Crippen LogP contribution in [0.15, 0.2) is 0 Å². The molecule has 0 aromatic carbocycles. The van der Waals surface area contributed by atoms with E-state index in [1.165, 1.54) is 24.2 Å². The number of amides is 10. The molecule has 1 unspecified atom stereocenters. The molecule has 12 N–H and O–H groups in total. The van der Waals surface area contributed by atoms with E-state index in [0.717, 1.165) is 25.0 Å². The number of hydrogen-bond acceptors (Lipinski definition) is 12. The van der Waals surface area contributed by atoms with Crippen LogP contribution >= 0.6 is 23.5 Å². The Hall–Kier alpha value is -4.31. The maximum absolute atomic E-state index is 13.1. The molecule has 0 bridgehead atoms. The molecular weight excluding hydrogens is 797 g/mol. The van der Waals surface area contributed by atoms with Crippen LogP contribution in [0.3, 0.4) is 0 Å². The first kappa shape index (κ1) is 49.8. The number of rotatable bonds is 28. The van der Waals surface area contributed by atoms with E-state index in [0.29, 0.717) is 43.2 Å². The van der Waals surface area contributed by atoms with E-state index >= 15 is 0 Å². The van der Waals surface area contributed by atoms with Gasteiger partial charge in [-0.3, -0.25) is 43.6 Å². The summed E-state index contributed by atoms with van der Waals surface area (Å²) in [4.78, 5) is 111. The SMILES string of the molecule is CSCC[C@H](NC(=O)C(CC(=O)NO)CC(C)C)C(=O)N[C@@H](C)C(=O)NCC(=O)NCC(=O)N[C@@H](CCCCNC(=O)CCCC[C@@H]1SC[C@@H]2NC(=O)N[C@@H]21)C(N)=O. The number of hydrogen-bond donors (Lipinski definition) is 11. The molecular formula is C36H62N10O10S2. The number of thioether (sulfide) groups is 2. The van der Waals surface area contributed by atoms with Crippen LogP contribution in [-0.2, 0) is 38.4 Å². The van der Waals surface area contributed by atoms with Gasteiger partial charge in [0, 0.05) is 36.3 Å². The number of primary amides is 1. The molecule has 2 rings (SSSR count). The number of urea groups is 1. The van der Waals surface area contributed by atoms with Gasteiger partial charge in [-0.1, -0.05) is 20.3 Å². The maximum Gasteiger partial charge on any atom is 0.315 e. The summed E-state index contributed by atoms with van der Waals surface area (Å²) < 4.78 is 0. The fourth-order valence-corrected chi connectivity index (χ4v) is 8.47. The van der Waals surface area contributed by atoms with Gasteiger partial charge >= 0.3 is 6.03 Å². The third-order valence-corrected chi connectivity index (χ3v) is 11.7. The largest absolute Gasteiger partial charge is 0.368 e. The summed E-state index contributed by atoms with van der Waals surface area (Å²) in [6.07, 6.45) is 6.28. The first-order chi connectivity index (χ1) is 27.5. The van der Waals surface area contributed by atoms with Crippen molar-refractivity contribution in [3.05, 3.63) is 0 Å². The quantitative estimate of drug-likeness (QED) is 0.0186. The summed E-state index contributed by atoms with van der Waals surface area (Å²) >= 11 is 3.28. The predicted octanol–water partition coefficient (Wildman–Crippen LogP) is -1.50. The smallest absolute Gasteiger partial charge is 0.315 e. The van der Waals surface area contributed by atoms with Crippen LogP contribution in [0.1, 0.15) is 85.0 Å². The van der Waals surface area contributed by atoms with E-state index in [1.54, 1.807) is 0 Å². The van der Waals surface area contributed by atoms with Gasteiger partial charge in [-0.15, -0.1) is 0 Å². The minimum atomic E-state index is -1.11. The summed E-state index contributed by atoms with van der Waals surface area (Å²) in [7, 11) is 0. The lowest BCUT2D eigenvalue weighted by molar-refractivity contribution is -0.137. The van der Waals surface area contributed by atoms with E-state index in [9.17, 15) is 43.2 Å². The second-order valence-corrected chi connectivity index (χ2v) is 17.1. The normalized spacial score (nSPS) is 18.9. The Bertz CT molecular complexity index is 1440. The van der Waals surface area contributed by atoms with Gasteiger partial charge in [0.25, 0.3) is 0 Å². The zero-order chi connectivity index (χ0) is 43.2. The maximum atomic E-state index is 13.1. The minimum Gasteiger partial charge on any atom is -0.368 e. The summed E-state index contributed by atoms with van der Waals surface area (Å²) in [5.74, 6) is -4.22. The molecule has 0 aromatic rings. The van der Waals surface area contributed by atoms with Gasteiger partial charge in [-0.25, -0.2) is 10.3 Å². The predicted molar refractivity (Wildman–Crippen MR) is 218 cm³/mol. The van der Waals surface area contributed by atoms with E-state index in [4.69, 9.17) is 10.9 Å². The lowest BCUT2D eigenvalue weighted by Crippen LogP contribution is -2.54. The van der Waals surface area contributed by atoms with Crippen molar-refractivity contribution in [1.29, 1.82) is 0 Å². The molecule has 2 aliphatic rings. The molecule has 2 heterocycles. The van der Waals surface area contributed by atoms with Crippen LogP contribution < -0.4 is 53.7 Å². The van der Waals surface area contributed by atoms with Crippen LogP contribution in [-0.4, -0.2) is 131 Å². The van der Waals surface area contributed by atoms with E-state index in [1.807, 2.05) is 31.9 Å². The fraction of sp³-hybridized carbons (Fsp3) is 0.750. The average Bonchev–Trinajstić information content (AvgIpc) is 3.73. The van der Waals surface area contributed by atoms with Gasteiger partial charge in [-0.05, 0) is 69.8 Å². The van der Waals surface area contributed by atoms with Crippen LogP contribution in [0.25, 0.3) is 0 Å². The average molecular weight is 859 g/mol. The second-order valence-electron chi connectivity index (χ2n) is 14.9. The number of unbranched alkanes of at least 4 members (excludes halogenated alkanes) is 2. The number of nitrogens with one attached hydrogen (secondary N) is 9. The zero-order valence-corrected chi connectivity index (χ0v) is 35.4. The lowest BCUT2D eigenvalue weighted by Gasteiger charge is -2.24. The minimum absolute atomic E-state index is 0.0480. The van der Waals surface area contributed by atoms with Gasteiger partial charge < -0.3 is 48.3 Å². The van der Waals surface area contributed by atoms with E-state index in [-0.39, 0.29) is 49.2 Å². The lowest BCUT2D eigenvalue weighted by atomic mass is 9.92. The van der Waals surface area contributed by atoms with Crippen LogP contribution in [0.5, 0.6) is 0 Å². The molecule has 2 fully saturated rings. The Balaban J connectivity index is 1.66. The Morgan fingerprint density at radius 1 is 0.810 bits per heavy atom. The standard InChI is InChI=1S/C36H62N10O10S2/c1-20(2)15-22(16-28(48)46-56)34(53)43-24(12-14-57-4)35(54)41-21(3)33(52)40-17-29(49)39-18-30(50)42-23(32(37)51)9-7-8-13-38-27(47)11-6-5-10-26-31-25(19-58-26)44-36(55)45-31/h20-26,31,56H,5-19H2,1-4H3,(H2,37,51)(H,38,47)(H,39,49)(H,40,52)(H,41,54)(H,42,50)(H,43,53)(H,46,48)(H2,44,45,55)/t21-,22?,23-,24-,25-,26-,31-/m0/s1. The second kappa shape index (κ2) is 26.6. The highest BCUT2D eigenvalue weighted by molar-refractivity contribution is 8.00. The van der Waals surface area contributed by atoms with Crippen LogP contribution in [0.2, 0.25) is 0 Å². The number of fused-ring (bicyclic) bond motifs is 1. The molecule has 7 atom stereocenters. The van der Waals surface area contributed by atoms with Crippen molar-refractivity contribution < 1.29 is 48.4 Å². The molecule has 2 aliphatic heterocycles. The monoisotopic (exact) mass is 858 g/mol. The van der Waals surface area contributed by atoms with Gasteiger partial charge in [0.15, 0.2) is 0 Å². The van der Waals surface area contributed by atoms with Gasteiger partial charge in [-0.2, -0.15) is 23.5 Å². The Kier molecular flexibility index (Phi) is 22.9. The third-order valence-electron chi connectivity index (χ3n) is 9.55. The van der Waals surface area contributed by atoms with Crippen molar-refractivity contribution >= 4 is 76.8 Å². The van der Waals surface area contributed by atoms with E-state index in [2.05, 4.69) is 42.5 Å². The number of hydroxylamine groups is 1. The Labute approximate surface area is 347 Å². The van der Waals surface area contributed by atoms with Crippen molar-refractivity contribution in [2.45, 2.75) is 120 Å². The van der Waals surface area contributed by atoms with Crippen molar-refractivity contribution in [2.24, 2.45) is 17.6 Å². The molecule has 0 spiro atoms. The van der Waals surface area contributed by atoms with Crippen LogP contribution in [0.4, 0.5) is 4.79 Å². The highest BCUT2D eigenvalue weighted by Crippen LogP contribution is 2.33. The first-order valence-corrected chi connectivity index (χ1v) is 22.1. The molecule has 22 heteroatoms. The van der Waals surface area contributed by atoms with Crippen molar-refractivity contribution in [2.75, 3.05) is 37.4 Å². The molecule has 0 radical (unpaired) electrons. The molecule has 0 aromatic heterocycles. The summed E-state index contributed by atoms with van der Waals surface area (Å²) in [6, 6.07) is -2.93. The molecule has 20 nitrogen and oxygen atoms in total. The highest BCUT2D eigenvalue weighted by atomic mass is 32.2. The van der Waals surface area contributed by atoms with Crippen LogP contribution in [0, 0.1) is 11.8 Å². The molecule has 0 aliphatic carbocycles. The zero-order valence-electron chi connectivity index (χ0n) is 33.7. The third kappa shape index (κ3) is 19.0. The molecule has 10 amide bonds. The summed E-state index contributed by atoms with van der Waals surface area (Å²) in [5, 5.41) is 30.4. The van der Waals surface area contributed by atoms with E-state index < -0.39 is 78.5 Å². The van der Waals surface area contributed by atoms with Gasteiger partial charge in [0.1, 0.15) is 18.1 Å². The van der Waals surface area contributed by atoms with Crippen molar-refractivity contribution in [1.82, 2.24) is 48.0 Å².